The van der Waals surface area contributed by atoms with Crippen LogP contribution in [-0.4, -0.2) is 27.3 Å². The second-order valence-corrected chi connectivity index (χ2v) is 5.79. The highest BCUT2D eigenvalue weighted by molar-refractivity contribution is 7.13. The molecule has 1 aliphatic rings. The fourth-order valence-electron chi connectivity index (χ4n) is 2.67. The number of rotatable bonds is 1. The number of thiazole rings is 1. The average Bonchev–Trinajstić information content (AvgIpc) is 3.10. The van der Waals surface area contributed by atoms with E-state index in [1.165, 1.54) is 11.3 Å². The number of aromatic nitrogens is 3. The molecule has 0 saturated heterocycles. The zero-order chi connectivity index (χ0) is 15.3. The van der Waals surface area contributed by atoms with E-state index in [0.717, 1.165) is 28.4 Å². The molecular weight excluding hydrogens is 313 g/mol. The van der Waals surface area contributed by atoms with Gasteiger partial charge in [0.25, 0.3) is 0 Å². The van der Waals surface area contributed by atoms with Crippen molar-refractivity contribution in [2.75, 3.05) is 6.54 Å². The molecule has 8 heteroatoms. The Hall–Kier alpha value is -2.22. The molecule has 3 aromatic heterocycles. The topological polar surface area (TPSA) is 43.1 Å². The fraction of sp³-hybridized carbons (Fsp3) is 0.214. The van der Waals surface area contributed by atoms with E-state index < -0.39 is 11.7 Å². The van der Waals surface area contributed by atoms with Gasteiger partial charge < -0.3 is 4.57 Å². The lowest BCUT2D eigenvalue weighted by Gasteiger charge is -2.10. The maximum atomic E-state index is 13.0. The van der Waals surface area contributed by atoms with E-state index in [1.54, 1.807) is 17.9 Å². The van der Waals surface area contributed by atoms with Crippen LogP contribution in [-0.2, 0) is 12.7 Å². The highest BCUT2D eigenvalue weighted by Crippen LogP contribution is 2.39. The van der Waals surface area contributed by atoms with Crippen LogP contribution < -0.4 is 0 Å². The minimum absolute atomic E-state index is 0.488. The third-order valence-electron chi connectivity index (χ3n) is 3.61. The van der Waals surface area contributed by atoms with Gasteiger partial charge in [0.2, 0.25) is 0 Å². The van der Waals surface area contributed by atoms with Crippen LogP contribution in [0.4, 0.5) is 13.2 Å². The highest BCUT2D eigenvalue weighted by Gasteiger charge is 2.32. The summed E-state index contributed by atoms with van der Waals surface area (Å²) >= 11 is 1.39. The van der Waals surface area contributed by atoms with Crippen LogP contribution >= 0.6 is 11.3 Å². The number of halogens is 3. The number of hydrogen-bond donors (Lipinski definition) is 0. The number of hydrogen-bond acceptors (Lipinski definition) is 4. The van der Waals surface area contributed by atoms with E-state index in [-0.39, 0.29) is 0 Å². The van der Waals surface area contributed by atoms with Crippen molar-refractivity contribution >= 4 is 28.6 Å². The summed E-state index contributed by atoms with van der Waals surface area (Å²) in [5.41, 5.74) is 2.98. The lowest BCUT2D eigenvalue weighted by atomic mass is 10.1. The second-order valence-electron chi connectivity index (χ2n) is 4.91. The van der Waals surface area contributed by atoms with E-state index in [1.807, 2.05) is 4.57 Å². The van der Waals surface area contributed by atoms with Gasteiger partial charge in [-0.05, 0) is 6.07 Å². The van der Waals surface area contributed by atoms with E-state index in [0.29, 0.717) is 24.1 Å². The first kappa shape index (κ1) is 13.4. The second kappa shape index (κ2) is 4.64. The minimum Gasteiger partial charge on any atom is -0.322 e. The summed E-state index contributed by atoms with van der Waals surface area (Å²) in [5.74, 6) is 0. The molecule has 0 saturated carbocycles. The Kier molecular flexibility index (Phi) is 2.83. The number of nitrogens with zero attached hydrogens (tertiary/aromatic N) is 4. The van der Waals surface area contributed by atoms with Gasteiger partial charge in [0.05, 0.1) is 28.2 Å². The first-order valence-electron chi connectivity index (χ1n) is 6.54. The summed E-state index contributed by atoms with van der Waals surface area (Å²) in [7, 11) is 0. The largest absolute Gasteiger partial charge is 0.417 e. The maximum Gasteiger partial charge on any atom is 0.417 e. The van der Waals surface area contributed by atoms with Crippen LogP contribution in [0.1, 0.15) is 11.3 Å². The number of fused-ring (bicyclic) bond motifs is 3. The molecular formula is C14H9F3N4S. The van der Waals surface area contributed by atoms with E-state index in [2.05, 4.69) is 15.0 Å². The maximum absolute atomic E-state index is 13.0. The van der Waals surface area contributed by atoms with Crippen molar-refractivity contribution in [2.24, 2.45) is 4.99 Å². The summed E-state index contributed by atoms with van der Waals surface area (Å²) in [6.45, 7) is 1.21. The monoisotopic (exact) mass is 322 g/mol. The lowest BCUT2D eigenvalue weighted by Crippen LogP contribution is -2.11. The SMILES string of the molecule is FC(F)(F)c1cnc2c(c1)c(-c1cncs1)c1n2CCN=C1. The smallest absolute Gasteiger partial charge is 0.322 e. The molecule has 0 unspecified atom stereocenters. The van der Waals surface area contributed by atoms with E-state index in [9.17, 15) is 13.2 Å². The first-order valence-corrected chi connectivity index (χ1v) is 7.42. The zero-order valence-electron chi connectivity index (χ0n) is 11.1. The quantitative estimate of drug-likeness (QED) is 0.687. The summed E-state index contributed by atoms with van der Waals surface area (Å²) in [6.07, 6.45) is -0.170. The molecule has 3 aromatic rings. The summed E-state index contributed by atoms with van der Waals surface area (Å²) in [5, 5.41) is 0.488. The predicted molar refractivity (Wildman–Crippen MR) is 78.3 cm³/mol. The first-order chi connectivity index (χ1) is 10.6. The fourth-order valence-corrected chi connectivity index (χ4v) is 3.36. The molecule has 0 amide bonds. The molecule has 0 spiro atoms. The van der Waals surface area contributed by atoms with Crippen LogP contribution in [0.15, 0.2) is 29.0 Å². The highest BCUT2D eigenvalue weighted by atomic mass is 32.1. The number of pyridine rings is 1. The van der Waals surface area contributed by atoms with Crippen LogP contribution in [0, 0.1) is 0 Å². The van der Waals surface area contributed by atoms with Crippen LogP contribution in [0.5, 0.6) is 0 Å². The molecule has 4 nitrogen and oxygen atoms in total. The average molecular weight is 322 g/mol. The van der Waals surface area contributed by atoms with Gasteiger partial charge in [-0.3, -0.25) is 9.98 Å². The Balaban J connectivity index is 2.09. The van der Waals surface area contributed by atoms with Gasteiger partial charge in [-0.25, -0.2) is 4.98 Å². The molecule has 0 aliphatic carbocycles. The van der Waals surface area contributed by atoms with E-state index >= 15 is 0 Å². The van der Waals surface area contributed by atoms with Crippen LogP contribution in [0.2, 0.25) is 0 Å². The minimum atomic E-state index is -4.41. The van der Waals surface area contributed by atoms with Gasteiger partial charge in [0.1, 0.15) is 5.65 Å². The molecule has 22 heavy (non-hydrogen) atoms. The van der Waals surface area contributed by atoms with E-state index in [4.69, 9.17) is 0 Å². The van der Waals surface area contributed by atoms with Gasteiger partial charge in [0, 0.05) is 36.1 Å². The third-order valence-corrected chi connectivity index (χ3v) is 4.40. The van der Waals surface area contributed by atoms with Gasteiger partial charge in [0.15, 0.2) is 0 Å². The van der Waals surface area contributed by atoms with Crippen molar-refractivity contribution < 1.29 is 13.2 Å². The van der Waals surface area contributed by atoms with Crippen molar-refractivity contribution in [3.8, 4) is 10.4 Å². The molecule has 0 N–H and O–H groups in total. The molecule has 0 bridgehead atoms. The molecule has 112 valence electrons. The molecule has 0 fully saturated rings. The standard InChI is InChI=1S/C14H9F3N4S/c15-14(16,17)8-3-9-12(11-6-19-7-22-11)10-5-18-1-2-21(10)13(9)20-4-8/h3-7H,1-2H2. The molecule has 0 atom stereocenters. The molecule has 4 rings (SSSR count). The summed E-state index contributed by atoms with van der Waals surface area (Å²) < 4.78 is 40.9. The number of aliphatic imine (C=N–C) groups is 1. The Bertz CT molecular complexity index is 878. The van der Waals surface area contributed by atoms with Gasteiger partial charge >= 0.3 is 6.18 Å². The number of alkyl halides is 3. The normalized spacial score (nSPS) is 14.5. The third kappa shape index (κ3) is 1.94. The van der Waals surface area contributed by atoms with Crippen molar-refractivity contribution in [3.05, 3.63) is 35.2 Å². The molecule has 0 radical (unpaired) electrons. The van der Waals surface area contributed by atoms with Gasteiger partial charge in [-0.15, -0.1) is 11.3 Å². The van der Waals surface area contributed by atoms with Crippen molar-refractivity contribution in [3.63, 3.8) is 0 Å². The van der Waals surface area contributed by atoms with Crippen LogP contribution in [0.3, 0.4) is 0 Å². The van der Waals surface area contributed by atoms with Crippen molar-refractivity contribution in [1.82, 2.24) is 14.5 Å². The summed E-state index contributed by atoms with van der Waals surface area (Å²) in [4.78, 5) is 13.1. The van der Waals surface area contributed by atoms with Gasteiger partial charge in [-0.1, -0.05) is 0 Å². The Morgan fingerprint density at radius 1 is 1.23 bits per heavy atom. The Morgan fingerprint density at radius 2 is 2.09 bits per heavy atom. The lowest BCUT2D eigenvalue weighted by molar-refractivity contribution is -0.137. The Morgan fingerprint density at radius 3 is 2.82 bits per heavy atom. The molecule has 4 heterocycles. The Labute approximate surface area is 127 Å². The molecule has 1 aliphatic heterocycles. The molecule has 0 aromatic carbocycles. The zero-order valence-corrected chi connectivity index (χ0v) is 11.9. The van der Waals surface area contributed by atoms with Gasteiger partial charge in [-0.2, -0.15) is 13.2 Å². The van der Waals surface area contributed by atoms with Crippen molar-refractivity contribution in [2.45, 2.75) is 12.7 Å². The van der Waals surface area contributed by atoms with Crippen molar-refractivity contribution in [1.29, 1.82) is 0 Å². The predicted octanol–water partition coefficient (Wildman–Crippen LogP) is 3.61. The summed E-state index contributed by atoms with van der Waals surface area (Å²) in [6, 6.07) is 1.16. The van der Waals surface area contributed by atoms with Crippen LogP contribution in [0.25, 0.3) is 21.5 Å².